The van der Waals surface area contributed by atoms with E-state index in [1.165, 1.54) is 32.1 Å². The molecule has 2 rings (SSSR count). The van der Waals surface area contributed by atoms with Crippen molar-refractivity contribution in [1.29, 1.82) is 0 Å². The lowest BCUT2D eigenvalue weighted by Gasteiger charge is -2.41. The van der Waals surface area contributed by atoms with Crippen molar-refractivity contribution in [3.8, 4) is 0 Å². The van der Waals surface area contributed by atoms with Gasteiger partial charge in [0.05, 0.1) is 5.41 Å². The molecule has 2 aliphatic carbocycles. The molecule has 19 heavy (non-hydrogen) atoms. The molecule has 0 amide bonds. The fourth-order valence-electron chi connectivity index (χ4n) is 3.93. The molecule has 0 radical (unpaired) electrons. The van der Waals surface area contributed by atoms with Crippen LogP contribution in [0.2, 0.25) is 0 Å². The highest BCUT2D eigenvalue weighted by Crippen LogP contribution is 2.48. The molecule has 0 aliphatic heterocycles. The second-order valence-electron chi connectivity index (χ2n) is 7.79. The Bertz CT molecular complexity index is 303. The first-order chi connectivity index (χ1) is 8.94. The molecule has 2 saturated carbocycles. The van der Waals surface area contributed by atoms with Gasteiger partial charge in [0.2, 0.25) is 0 Å². The summed E-state index contributed by atoms with van der Waals surface area (Å²) < 4.78 is 0. The average Bonchev–Trinajstić information content (AvgIpc) is 2.39. The van der Waals surface area contributed by atoms with Crippen molar-refractivity contribution in [2.75, 3.05) is 0 Å². The molecule has 0 aromatic heterocycles. The first kappa shape index (κ1) is 14.9. The molecule has 0 aromatic rings. The van der Waals surface area contributed by atoms with Crippen molar-refractivity contribution in [3.05, 3.63) is 0 Å². The van der Waals surface area contributed by atoms with E-state index in [1.54, 1.807) is 0 Å². The van der Waals surface area contributed by atoms with E-state index in [9.17, 15) is 9.90 Å². The maximum Gasteiger partial charge on any atom is 0.309 e. The summed E-state index contributed by atoms with van der Waals surface area (Å²) in [6, 6.07) is 0. The topological polar surface area (TPSA) is 37.3 Å². The van der Waals surface area contributed by atoms with Crippen LogP contribution in [-0.2, 0) is 4.79 Å². The standard InChI is InChI=1S/C17H30O2/c1-16(2)10-12-17(13-11-16,15(18)19)9-8-14-6-4-3-5-7-14/h14H,3-13H2,1-2H3,(H,18,19). The third-order valence-electron chi connectivity index (χ3n) is 5.77. The molecule has 0 unspecified atom stereocenters. The summed E-state index contributed by atoms with van der Waals surface area (Å²) in [5.41, 5.74) is -0.0449. The van der Waals surface area contributed by atoms with Gasteiger partial charge in [-0.3, -0.25) is 4.79 Å². The third-order valence-corrected chi connectivity index (χ3v) is 5.77. The van der Waals surface area contributed by atoms with E-state index in [1.807, 2.05) is 0 Å². The number of carboxylic acid groups (broad SMARTS) is 1. The van der Waals surface area contributed by atoms with Crippen molar-refractivity contribution in [2.24, 2.45) is 16.7 Å². The molecule has 0 heterocycles. The lowest BCUT2D eigenvalue weighted by molar-refractivity contribution is -0.153. The van der Waals surface area contributed by atoms with E-state index in [2.05, 4.69) is 13.8 Å². The van der Waals surface area contributed by atoms with Crippen LogP contribution in [0.3, 0.4) is 0 Å². The predicted molar refractivity (Wildman–Crippen MR) is 78.1 cm³/mol. The minimum Gasteiger partial charge on any atom is -0.481 e. The van der Waals surface area contributed by atoms with Crippen molar-refractivity contribution in [3.63, 3.8) is 0 Å². The van der Waals surface area contributed by atoms with Crippen LogP contribution in [0.4, 0.5) is 0 Å². The van der Waals surface area contributed by atoms with Crippen LogP contribution in [0, 0.1) is 16.7 Å². The predicted octanol–water partition coefficient (Wildman–Crippen LogP) is 5.02. The zero-order valence-corrected chi connectivity index (χ0v) is 12.7. The number of hydrogen-bond acceptors (Lipinski definition) is 1. The Balaban J connectivity index is 1.91. The molecule has 1 N–H and O–H groups in total. The van der Waals surface area contributed by atoms with E-state index in [4.69, 9.17) is 0 Å². The van der Waals surface area contributed by atoms with E-state index >= 15 is 0 Å². The summed E-state index contributed by atoms with van der Waals surface area (Å²) in [6.07, 6.45) is 12.8. The zero-order chi connectivity index (χ0) is 13.9. The van der Waals surface area contributed by atoms with E-state index in [-0.39, 0.29) is 0 Å². The smallest absolute Gasteiger partial charge is 0.309 e. The number of rotatable bonds is 4. The van der Waals surface area contributed by atoms with Crippen LogP contribution in [-0.4, -0.2) is 11.1 Å². The van der Waals surface area contributed by atoms with Gasteiger partial charge in [-0.1, -0.05) is 46.0 Å². The summed E-state index contributed by atoms with van der Waals surface area (Å²) >= 11 is 0. The Labute approximate surface area is 118 Å². The average molecular weight is 266 g/mol. The van der Waals surface area contributed by atoms with Gasteiger partial charge in [-0.15, -0.1) is 0 Å². The largest absolute Gasteiger partial charge is 0.481 e. The highest BCUT2D eigenvalue weighted by molar-refractivity contribution is 5.74. The van der Waals surface area contributed by atoms with Gasteiger partial charge >= 0.3 is 5.97 Å². The summed E-state index contributed by atoms with van der Waals surface area (Å²) in [4.78, 5) is 11.8. The molecular formula is C17H30O2. The summed E-state index contributed by atoms with van der Waals surface area (Å²) in [5, 5.41) is 9.69. The van der Waals surface area contributed by atoms with Crippen molar-refractivity contribution in [2.45, 2.75) is 84.5 Å². The molecule has 2 aliphatic rings. The first-order valence-electron chi connectivity index (χ1n) is 8.17. The van der Waals surface area contributed by atoms with Crippen molar-refractivity contribution >= 4 is 5.97 Å². The Morgan fingerprint density at radius 2 is 1.63 bits per heavy atom. The molecular weight excluding hydrogens is 236 g/mol. The maximum atomic E-state index is 11.8. The second-order valence-corrected chi connectivity index (χ2v) is 7.79. The van der Waals surface area contributed by atoms with Crippen molar-refractivity contribution < 1.29 is 9.90 Å². The third kappa shape index (κ3) is 3.73. The van der Waals surface area contributed by atoms with E-state index in [0.29, 0.717) is 5.41 Å². The van der Waals surface area contributed by atoms with E-state index in [0.717, 1.165) is 44.4 Å². The zero-order valence-electron chi connectivity index (χ0n) is 12.7. The first-order valence-corrected chi connectivity index (χ1v) is 8.17. The summed E-state index contributed by atoms with van der Waals surface area (Å²) in [5.74, 6) is 0.277. The molecule has 0 bridgehead atoms. The molecule has 0 aromatic carbocycles. The van der Waals surface area contributed by atoms with E-state index < -0.39 is 11.4 Å². The van der Waals surface area contributed by atoms with Gasteiger partial charge < -0.3 is 5.11 Å². The number of aliphatic carboxylic acids is 1. The summed E-state index contributed by atoms with van der Waals surface area (Å²) in [6.45, 7) is 4.56. The summed E-state index contributed by atoms with van der Waals surface area (Å²) in [7, 11) is 0. The highest BCUT2D eigenvalue weighted by atomic mass is 16.4. The van der Waals surface area contributed by atoms with Crippen LogP contribution in [0.25, 0.3) is 0 Å². The van der Waals surface area contributed by atoms with Gasteiger partial charge in [0.25, 0.3) is 0 Å². The number of hydrogen-bond donors (Lipinski definition) is 1. The Kier molecular flexibility index (Phi) is 4.58. The van der Waals surface area contributed by atoms with Gasteiger partial charge in [-0.05, 0) is 49.9 Å². The quantitative estimate of drug-likeness (QED) is 0.776. The maximum absolute atomic E-state index is 11.8. The Morgan fingerprint density at radius 3 is 2.16 bits per heavy atom. The minimum atomic E-state index is -0.529. The van der Waals surface area contributed by atoms with Crippen LogP contribution < -0.4 is 0 Å². The number of carbonyl (C=O) groups is 1. The Hall–Kier alpha value is -0.530. The van der Waals surface area contributed by atoms with Gasteiger partial charge in [-0.2, -0.15) is 0 Å². The molecule has 0 atom stereocenters. The van der Waals surface area contributed by atoms with Gasteiger partial charge in [0.15, 0.2) is 0 Å². The normalized spacial score (nSPS) is 27.1. The molecule has 2 nitrogen and oxygen atoms in total. The lowest BCUT2D eigenvalue weighted by Crippen LogP contribution is -2.38. The Morgan fingerprint density at radius 1 is 1.05 bits per heavy atom. The lowest BCUT2D eigenvalue weighted by atomic mass is 9.62. The van der Waals surface area contributed by atoms with Gasteiger partial charge in [0.1, 0.15) is 0 Å². The van der Waals surface area contributed by atoms with Crippen LogP contribution >= 0.6 is 0 Å². The van der Waals surface area contributed by atoms with Crippen molar-refractivity contribution in [1.82, 2.24) is 0 Å². The molecule has 2 fully saturated rings. The van der Waals surface area contributed by atoms with Gasteiger partial charge in [0, 0.05) is 0 Å². The highest BCUT2D eigenvalue weighted by Gasteiger charge is 2.43. The van der Waals surface area contributed by atoms with Crippen LogP contribution in [0.15, 0.2) is 0 Å². The van der Waals surface area contributed by atoms with Gasteiger partial charge in [-0.25, -0.2) is 0 Å². The fraction of sp³-hybridized carbons (Fsp3) is 0.941. The molecule has 0 saturated heterocycles. The minimum absolute atomic E-state index is 0.351. The number of carboxylic acids is 1. The molecule has 0 spiro atoms. The van der Waals surface area contributed by atoms with Crippen LogP contribution in [0.1, 0.15) is 84.5 Å². The van der Waals surface area contributed by atoms with Crippen LogP contribution in [0.5, 0.6) is 0 Å². The molecule has 110 valence electrons. The second kappa shape index (κ2) is 5.85. The molecule has 2 heteroatoms. The monoisotopic (exact) mass is 266 g/mol. The SMILES string of the molecule is CC1(C)CCC(CCC2CCCCC2)(C(=O)O)CC1. The fourth-order valence-corrected chi connectivity index (χ4v) is 3.93.